The number of benzene rings is 1. The lowest BCUT2D eigenvalue weighted by Crippen LogP contribution is -2.49. The first-order valence-corrected chi connectivity index (χ1v) is 18.2. The third-order valence-corrected chi connectivity index (χ3v) is 8.20. The number of Topliss-reactive ketones (excluding diaryl/α,β-unsaturated/α-hetero) is 1. The minimum atomic E-state index is -0.742. The molecule has 12 heteroatoms. The van der Waals surface area contributed by atoms with E-state index in [4.69, 9.17) is 10.5 Å². The van der Waals surface area contributed by atoms with E-state index < -0.39 is 30.2 Å². The molecule has 1 aromatic rings. The molecule has 0 unspecified atom stereocenters. The number of carbonyl (C=O) groups is 4. The first-order valence-electron chi connectivity index (χ1n) is 16.8. The predicted molar refractivity (Wildman–Crippen MR) is 198 cm³/mol. The monoisotopic (exact) mass is 699 g/mol. The van der Waals surface area contributed by atoms with Crippen LogP contribution in [0.1, 0.15) is 73.3 Å². The Hall–Kier alpha value is -3.70. The van der Waals surface area contributed by atoms with E-state index in [2.05, 4.69) is 26.7 Å². The second-order valence-electron chi connectivity index (χ2n) is 13.1. The van der Waals surface area contributed by atoms with Crippen LogP contribution >= 0.6 is 11.8 Å². The summed E-state index contributed by atoms with van der Waals surface area (Å²) in [6.45, 7) is 13.6. The summed E-state index contributed by atoms with van der Waals surface area (Å²) in [5, 5.41) is 18.6. The van der Waals surface area contributed by atoms with E-state index in [0.717, 1.165) is 11.1 Å². The number of allylic oxidation sites excluding steroid dienone is 1. The normalized spacial score (nSPS) is 15.3. The number of aliphatic hydroxyl groups is 1. The van der Waals surface area contributed by atoms with Crippen molar-refractivity contribution in [2.45, 2.75) is 98.5 Å². The molecule has 1 aliphatic heterocycles. The largest absolute Gasteiger partial charge is 0.443 e. The van der Waals surface area contributed by atoms with Crippen molar-refractivity contribution >= 4 is 41.2 Å². The zero-order chi connectivity index (χ0) is 36.9. The fourth-order valence-electron chi connectivity index (χ4n) is 4.69. The van der Waals surface area contributed by atoms with Gasteiger partial charge in [0.15, 0.2) is 5.78 Å². The van der Waals surface area contributed by atoms with E-state index >= 15 is 0 Å². The highest BCUT2D eigenvalue weighted by Gasteiger charge is 2.27. The van der Waals surface area contributed by atoms with Crippen molar-refractivity contribution in [2.24, 2.45) is 28.5 Å². The second-order valence-corrected chi connectivity index (χ2v) is 14.0. The molecule has 49 heavy (non-hydrogen) atoms. The van der Waals surface area contributed by atoms with Gasteiger partial charge in [-0.15, -0.1) is 5.73 Å². The number of aliphatic imine (C=N–C) groups is 1. The van der Waals surface area contributed by atoms with Crippen LogP contribution in [-0.4, -0.2) is 77.4 Å². The highest BCUT2D eigenvalue weighted by Crippen LogP contribution is 2.15. The standard InChI is InChI=1S/C23H39N3O3.C14H18N2O3S/c1-15(2)11-19(24)21(27)13-17(5)22(28)26-20(12-16(3)4)23(29)25-14-18-9-7-6-8-10-18;1-10-6-4-5-7-15-12(10)8-19-14(18)16-13(9-20-3)11(2)17/h6-10,15-17,19-21,27H,11-14,24H2,1-5H3,(H,25,29)(H,26,28);4-5,7,13H,8-9H2,1-3H3,(H,16,18)/t17-,19+,20+,21+;13-/m10/s1. The first-order chi connectivity index (χ1) is 23.1. The third-order valence-electron chi connectivity index (χ3n) is 7.53. The molecule has 0 aromatic heterocycles. The molecule has 2 rings (SSSR count). The zero-order valence-electron chi connectivity index (χ0n) is 30.3. The number of hydrogen-bond donors (Lipinski definition) is 5. The van der Waals surface area contributed by atoms with E-state index in [1.165, 1.54) is 18.7 Å². The van der Waals surface area contributed by atoms with Gasteiger partial charge in [0.05, 0.1) is 17.9 Å². The molecule has 1 heterocycles. The maximum absolute atomic E-state index is 12.7. The first kappa shape index (κ1) is 43.3. The minimum Gasteiger partial charge on any atom is -0.443 e. The van der Waals surface area contributed by atoms with Gasteiger partial charge >= 0.3 is 6.09 Å². The number of nitrogens with two attached hydrogens (primary N) is 1. The fourth-order valence-corrected chi connectivity index (χ4v) is 5.34. The molecule has 11 nitrogen and oxygen atoms in total. The molecule has 0 saturated carbocycles. The number of hydrogen-bond acceptors (Lipinski definition) is 9. The third kappa shape index (κ3) is 18.6. The number of carbonyl (C=O) groups excluding carboxylic acids is 4. The van der Waals surface area contributed by atoms with Gasteiger partial charge in [0.1, 0.15) is 12.6 Å². The summed E-state index contributed by atoms with van der Waals surface area (Å²) in [5.41, 5.74) is 11.5. The number of aliphatic hydroxyl groups excluding tert-OH is 1. The number of nitrogens with one attached hydrogen (secondary N) is 3. The lowest BCUT2D eigenvalue weighted by molar-refractivity contribution is -0.131. The van der Waals surface area contributed by atoms with Crippen LogP contribution in [-0.2, 0) is 25.7 Å². The Labute approximate surface area is 296 Å². The van der Waals surface area contributed by atoms with Gasteiger partial charge in [-0.3, -0.25) is 19.4 Å². The number of amides is 3. The van der Waals surface area contributed by atoms with Crippen LogP contribution in [0.2, 0.25) is 0 Å². The molecular weight excluding hydrogens is 643 g/mol. The summed E-state index contributed by atoms with van der Waals surface area (Å²) >= 11 is 1.49. The van der Waals surface area contributed by atoms with Crippen LogP contribution in [0.25, 0.3) is 0 Å². The summed E-state index contributed by atoms with van der Waals surface area (Å²) in [6, 6.07) is 8.18. The zero-order valence-corrected chi connectivity index (χ0v) is 31.1. The quantitative estimate of drug-likeness (QED) is 0.137. The molecule has 0 fully saturated rings. The van der Waals surface area contributed by atoms with Crippen LogP contribution in [0.15, 0.2) is 65.0 Å². The highest BCUT2D eigenvalue weighted by molar-refractivity contribution is 7.98. The topological polar surface area (TPSA) is 172 Å². The predicted octanol–water partition coefficient (Wildman–Crippen LogP) is 4.70. The van der Waals surface area contributed by atoms with Gasteiger partial charge in [-0.05, 0) is 68.9 Å². The maximum atomic E-state index is 12.7. The Morgan fingerprint density at radius 3 is 2.20 bits per heavy atom. The summed E-state index contributed by atoms with van der Waals surface area (Å²) in [5.74, 6) is 0.206. The average molecular weight is 700 g/mol. The number of ether oxygens (including phenoxy) is 1. The van der Waals surface area contributed by atoms with Gasteiger partial charge < -0.3 is 31.5 Å². The van der Waals surface area contributed by atoms with Crippen molar-refractivity contribution in [1.29, 1.82) is 0 Å². The molecule has 0 bridgehead atoms. The van der Waals surface area contributed by atoms with Crippen LogP contribution in [0.4, 0.5) is 4.79 Å². The molecule has 1 aliphatic rings. The summed E-state index contributed by atoms with van der Waals surface area (Å²) in [4.78, 5) is 52.5. The number of ketones is 1. The number of thioether (sulfide) groups is 1. The van der Waals surface area contributed by atoms with Gasteiger partial charge in [-0.2, -0.15) is 11.8 Å². The van der Waals surface area contributed by atoms with Crippen molar-refractivity contribution in [3.05, 3.63) is 65.6 Å². The van der Waals surface area contributed by atoms with Crippen molar-refractivity contribution in [2.75, 3.05) is 18.6 Å². The van der Waals surface area contributed by atoms with E-state index in [9.17, 15) is 24.3 Å². The second kappa shape index (κ2) is 23.6. The van der Waals surface area contributed by atoms with Crippen molar-refractivity contribution in [3.8, 4) is 0 Å². The minimum absolute atomic E-state index is 0.0484. The molecule has 0 radical (unpaired) electrons. The molecule has 0 aliphatic carbocycles. The van der Waals surface area contributed by atoms with Gasteiger partial charge in [-0.25, -0.2) is 4.79 Å². The van der Waals surface area contributed by atoms with Gasteiger partial charge in [0.25, 0.3) is 0 Å². The van der Waals surface area contributed by atoms with E-state index in [1.54, 1.807) is 25.3 Å². The lowest BCUT2D eigenvalue weighted by atomic mass is 9.93. The van der Waals surface area contributed by atoms with Crippen LogP contribution in [0, 0.1) is 17.8 Å². The van der Waals surface area contributed by atoms with E-state index in [-0.39, 0.29) is 42.6 Å². The lowest BCUT2D eigenvalue weighted by Gasteiger charge is -2.25. The molecule has 272 valence electrons. The van der Waals surface area contributed by atoms with Crippen molar-refractivity contribution in [1.82, 2.24) is 16.0 Å². The molecule has 0 spiro atoms. The summed E-state index contributed by atoms with van der Waals surface area (Å²) < 4.78 is 5.08. The van der Waals surface area contributed by atoms with Gasteiger partial charge in [-0.1, -0.05) is 65.0 Å². The van der Waals surface area contributed by atoms with Gasteiger partial charge in [0, 0.05) is 36.0 Å². The molecule has 0 saturated heterocycles. The molecule has 5 atom stereocenters. The SMILES string of the molecule is CC(C)C[C@H](NC(=O)[C@H](C)C[C@H](O)[C@@H](N)CC(C)C)C(=O)NCc1ccccc1.CSC[C@H](NC(=O)OCC1=NC=CC=C=C1C)C(C)=O. The molecule has 3 amide bonds. The number of alkyl carbamates (subject to hydrolysis) is 1. The molecular formula is C37H57N5O6S. The summed E-state index contributed by atoms with van der Waals surface area (Å²) in [7, 11) is 0. The Morgan fingerprint density at radius 1 is 0.959 bits per heavy atom. The Balaban J connectivity index is 0.000000524. The maximum Gasteiger partial charge on any atom is 0.408 e. The number of rotatable bonds is 18. The Kier molecular flexibility index (Phi) is 20.9. The van der Waals surface area contributed by atoms with Crippen molar-refractivity contribution < 1.29 is 29.0 Å². The van der Waals surface area contributed by atoms with Crippen LogP contribution in [0.3, 0.4) is 0 Å². The summed E-state index contributed by atoms with van der Waals surface area (Å²) in [6.07, 6.45) is 7.15. The molecule has 6 N–H and O–H groups in total. The van der Waals surface area contributed by atoms with Gasteiger partial charge in [0.2, 0.25) is 11.8 Å². The Bertz CT molecular complexity index is 1320. The van der Waals surface area contributed by atoms with Crippen molar-refractivity contribution in [3.63, 3.8) is 0 Å². The molecule has 1 aromatic carbocycles. The van der Waals surface area contributed by atoms with E-state index in [0.29, 0.717) is 36.8 Å². The highest BCUT2D eigenvalue weighted by atomic mass is 32.2. The fraction of sp³-hybridized carbons (Fsp3) is 0.568. The Morgan fingerprint density at radius 2 is 1.61 bits per heavy atom. The smallest absolute Gasteiger partial charge is 0.408 e. The average Bonchev–Trinajstić information content (AvgIpc) is 3.25. The van der Waals surface area contributed by atoms with Crippen LogP contribution in [0.5, 0.6) is 0 Å². The van der Waals surface area contributed by atoms with Crippen LogP contribution < -0.4 is 21.7 Å². The number of nitrogens with zero attached hydrogens (tertiary/aromatic N) is 1. The van der Waals surface area contributed by atoms with E-state index in [1.807, 2.05) is 71.2 Å².